The van der Waals surface area contributed by atoms with Crippen LogP contribution in [0.25, 0.3) is 0 Å². The summed E-state index contributed by atoms with van der Waals surface area (Å²) in [5.41, 5.74) is 1.11. The number of hydrogen-bond donors (Lipinski definition) is 0. The van der Waals surface area contributed by atoms with Crippen LogP contribution in [0.1, 0.15) is 86.5 Å². The highest BCUT2D eigenvalue weighted by Gasteiger charge is 2.16. The molecule has 0 aromatic heterocycles. The van der Waals surface area contributed by atoms with E-state index in [1.165, 1.54) is 44.9 Å². The van der Waals surface area contributed by atoms with E-state index in [0.29, 0.717) is 10.8 Å². The third kappa shape index (κ3) is 17.5. The smallest absolute Gasteiger partial charge is 0.0354 e. The van der Waals surface area contributed by atoms with E-state index < -0.39 is 0 Å². The first-order valence-corrected chi connectivity index (χ1v) is 6.77. The third-order valence-corrected chi connectivity index (χ3v) is 3.21. The minimum Gasteiger partial charge on any atom is -0.107 e. The van der Waals surface area contributed by atoms with Gasteiger partial charge in [0.05, 0.1) is 0 Å². The minimum absolute atomic E-state index is 0. The van der Waals surface area contributed by atoms with Crippen LogP contribution in [0, 0.1) is 10.8 Å². The maximum Gasteiger partial charge on any atom is -0.0354 e. The molecular weight excluding hydrogens is 434 g/mol. The second-order valence-electron chi connectivity index (χ2n) is 7.04. The molecule has 0 heterocycles. The molecule has 0 aliphatic carbocycles. The second kappa shape index (κ2) is 11.3. The molecule has 0 saturated carbocycles. The number of unbranched alkanes of at least 4 members (excludes halogenated alkanes) is 2. The van der Waals surface area contributed by atoms with Gasteiger partial charge >= 0.3 is 0 Å². The Labute approximate surface area is 144 Å². The van der Waals surface area contributed by atoms with Gasteiger partial charge in [-0.2, -0.15) is 0 Å². The lowest BCUT2D eigenvalue weighted by molar-refractivity contribution is 0.284. The Hall–Kier alpha value is 1.46. The average molecular weight is 468 g/mol. The third-order valence-electron chi connectivity index (χ3n) is 3.21. The molecule has 0 rings (SSSR count). The molecule has 0 nitrogen and oxygen atoms in total. The fourth-order valence-electron chi connectivity index (χ4n) is 2.24. The highest BCUT2D eigenvalue weighted by atomic mass is 127. The Morgan fingerprint density at radius 2 is 1.12 bits per heavy atom. The molecule has 0 bridgehead atoms. The summed E-state index contributed by atoms with van der Waals surface area (Å²) in [7, 11) is 0. The number of halogens is 2. The van der Waals surface area contributed by atoms with Gasteiger partial charge in [0.15, 0.2) is 0 Å². The van der Waals surface area contributed by atoms with Gasteiger partial charge in [0.2, 0.25) is 0 Å². The van der Waals surface area contributed by atoms with E-state index >= 15 is 0 Å². The monoisotopic (exact) mass is 468 g/mol. The van der Waals surface area contributed by atoms with Gasteiger partial charge in [0.1, 0.15) is 0 Å². The lowest BCUT2D eigenvalue weighted by atomic mass is 9.82. The lowest BCUT2D eigenvalue weighted by Crippen LogP contribution is -2.10. The fourth-order valence-corrected chi connectivity index (χ4v) is 2.24. The van der Waals surface area contributed by atoms with Crippen LogP contribution in [-0.2, 0) is 0 Å². The summed E-state index contributed by atoms with van der Waals surface area (Å²) in [5, 5.41) is 0. The van der Waals surface area contributed by atoms with Gasteiger partial charge < -0.3 is 0 Å². The van der Waals surface area contributed by atoms with Crippen LogP contribution < -0.4 is 0 Å². The zero-order valence-corrected chi connectivity index (χ0v) is 17.4. The molecule has 0 spiro atoms. The summed E-state index contributed by atoms with van der Waals surface area (Å²) in [6.45, 7) is 14.2. The molecule has 0 atom stereocenters. The molecule has 0 N–H and O–H groups in total. The number of hydrogen-bond acceptors (Lipinski definition) is 0. The van der Waals surface area contributed by atoms with E-state index in [4.69, 9.17) is 0 Å². The van der Waals surface area contributed by atoms with Crippen molar-refractivity contribution in [3.05, 3.63) is 0 Å². The molecule has 0 radical (unpaired) electrons. The maximum absolute atomic E-state index is 2.42. The van der Waals surface area contributed by atoms with Gasteiger partial charge in [0, 0.05) is 0 Å². The van der Waals surface area contributed by atoms with E-state index in [1.807, 2.05) is 0 Å². The Balaban J connectivity index is -0.000000980. The van der Waals surface area contributed by atoms with Gasteiger partial charge in [0.25, 0.3) is 0 Å². The fraction of sp³-hybridized carbons (Fsp3) is 1.00. The van der Waals surface area contributed by atoms with Crippen LogP contribution in [0.3, 0.4) is 0 Å². The normalized spacial score (nSPS) is 11.6. The SMILES string of the molecule is CCCC(C)(C)CCCCCC(C)(C)C.I.I. The van der Waals surface area contributed by atoms with Gasteiger partial charge in [-0.15, -0.1) is 48.0 Å². The first-order valence-electron chi connectivity index (χ1n) is 6.77. The lowest BCUT2D eigenvalue weighted by Gasteiger charge is -2.24. The molecule has 0 aromatic carbocycles. The van der Waals surface area contributed by atoms with Crippen molar-refractivity contribution < 1.29 is 0 Å². The van der Waals surface area contributed by atoms with Crippen molar-refractivity contribution in [1.29, 1.82) is 0 Å². The van der Waals surface area contributed by atoms with Crippen molar-refractivity contribution in [3.63, 3.8) is 0 Å². The quantitative estimate of drug-likeness (QED) is 0.278. The van der Waals surface area contributed by atoms with Crippen molar-refractivity contribution in [2.24, 2.45) is 10.8 Å². The predicted octanol–water partition coefficient (Wildman–Crippen LogP) is 7.05. The van der Waals surface area contributed by atoms with E-state index in [0.717, 1.165) is 0 Å². The summed E-state index contributed by atoms with van der Waals surface area (Å²) in [6.07, 6.45) is 9.74. The molecule has 0 unspecified atom stereocenters. The zero-order chi connectivity index (χ0) is 11.9. The van der Waals surface area contributed by atoms with Crippen LogP contribution in [0.5, 0.6) is 0 Å². The van der Waals surface area contributed by atoms with Gasteiger partial charge in [-0.05, 0) is 30.1 Å². The molecule has 17 heavy (non-hydrogen) atoms. The Kier molecular flexibility index (Phi) is 15.7. The molecule has 0 aliphatic heterocycles. The van der Waals surface area contributed by atoms with Crippen molar-refractivity contribution in [2.75, 3.05) is 0 Å². The summed E-state index contributed by atoms with van der Waals surface area (Å²) < 4.78 is 0. The van der Waals surface area contributed by atoms with Gasteiger partial charge in [-0.1, -0.05) is 67.2 Å². The van der Waals surface area contributed by atoms with Crippen molar-refractivity contribution in [3.8, 4) is 0 Å². The van der Waals surface area contributed by atoms with Crippen LogP contribution in [0.15, 0.2) is 0 Å². The Morgan fingerprint density at radius 3 is 1.53 bits per heavy atom. The second-order valence-corrected chi connectivity index (χ2v) is 7.04. The highest BCUT2D eigenvalue weighted by molar-refractivity contribution is 14.0. The summed E-state index contributed by atoms with van der Waals surface area (Å²) in [5.74, 6) is 0. The van der Waals surface area contributed by atoms with E-state index in [-0.39, 0.29) is 48.0 Å². The minimum atomic E-state index is 0. The summed E-state index contributed by atoms with van der Waals surface area (Å²) in [4.78, 5) is 0. The number of rotatable bonds is 7. The molecule has 0 saturated heterocycles. The van der Waals surface area contributed by atoms with Gasteiger partial charge in [-0.25, -0.2) is 0 Å². The van der Waals surface area contributed by atoms with E-state index in [1.54, 1.807) is 0 Å². The summed E-state index contributed by atoms with van der Waals surface area (Å²) >= 11 is 0. The molecule has 2 heteroatoms. The standard InChI is InChI=1S/C15H32.2HI/c1-7-11-15(5,6)13-10-8-9-12-14(2,3)4;;/h7-13H2,1-6H3;2*1H. The average Bonchev–Trinajstić information content (AvgIpc) is 2.00. The van der Waals surface area contributed by atoms with Crippen LogP contribution >= 0.6 is 48.0 Å². The van der Waals surface area contributed by atoms with Gasteiger partial charge in [-0.3, -0.25) is 0 Å². The van der Waals surface area contributed by atoms with Crippen LogP contribution in [0.4, 0.5) is 0 Å². The molecule has 0 aliphatic rings. The first kappa shape index (κ1) is 23.5. The molecule has 108 valence electrons. The Bertz CT molecular complexity index is 157. The van der Waals surface area contributed by atoms with E-state index in [9.17, 15) is 0 Å². The topological polar surface area (TPSA) is 0 Å². The molecule has 0 fully saturated rings. The maximum atomic E-state index is 2.42. The zero-order valence-electron chi connectivity index (χ0n) is 12.8. The van der Waals surface area contributed by atoms with Crippen LogP contribution in [-0.4, -0.2) is 0 Å². The van der Waals surface area contributed by atoms with Crippen molar-refractivity contribution in [1.82, 2.24) is 0 Å². The predicted molar refractivity (Wildman–Crippen MR) is 102 cm³/mol. The first-order chi connectivity index (χ1) is 6.77. The summed E-state index contributed by atoms with van der Waals surface area (Å²) in [6, 6.07) is 0. The van der Waals surface area contributed by atoms with Crippen LogP contribution in [0.2, 0.25) is 0 Å². The van der Waals surface area contributed by atoms with E-state index in [2.05, 4.69) is 41.5 Å². The molecule has 0 aromatic rings. The van der Waals surface area contributed by atoms with Crippen molar-refractivity contribution >= 4 is 48.0 Å². The molecular formula is C15H34I2. The molecule has 0 amide bonds. The largest absolute Gasteiger partial charge is 0.107 e. The highest BCUT2D eigenvalue weighted by Crippen LogP contribution is 2.30. The van der Waals surface area contributed by atoms with Crippen molar-refractivity contribution in [2.45, 2.75) is 86.5 Å². The Morgan fingerprint density at radius 1 is 0.647 bits per heavy atom.